The molecule has 0 aliphatic heterocycles. The topological polar surface area (TPSA) is 65.4 Å². The highest BCUT2D eigenvalue weighted by atomic mass is 35.5. The molecule has 27 heavy (non-hydrogen) atoms. The van der Waals surface area contributed by atoms with Crippen LogP contribution < -0.4 is 14.8 Å². The largest absolute Gasteiger partial charge is 0.493 e. The van der Waals surface area contributed by atoms with Crippen LogP contribution in [0.15, 0.2) is 36.4 Å². The van der Waals surface area contributed by atoms with Gasteiger partial charge in [-0.2, -0.15) is 0 Å². The highest BCUT2D eigenvalue weighted by Crippen LogP contribution is 2.36. The van der Waals surface area contributed by atoms with E-state index in [9.17, 15) is 4.79 Å². The normalized spacial score (nSPS) is 10.8. The number of para-hydroxylation sites is 2. The van der Waals surface area contributed by atoms with Gasteiger partial charge in [-0.25, -0.2) is 4.98 Å². The van der Waals surface area contributed by atoms with Crippen LogP contribution in [0.25, 0.3) is 11.0 Å². The Hall–Kier alpha value is -2.73. The highest BCUT2D eigenvalue weighted by molar-refractivity contribution is 6.32. The van der Waals surface area contributed by atoms with Gasteiger partial charge in [0.15, 0.2) is 11.5 Å². The third kappa shape index (κ3) is 4.01. The molecule has 3 aromatic rings. The molecule has 6 nitrogen and oxygen atoms in total. The van der Waals surface area contributed by atoms with Crippen molar-refractivity contribution < 1.29 is 14.3 Å². The van der Waals surface area contributed by atoms with Gasteiger partial charge in [-0.1, -0.05) is 23.7 Å². The number of fused-ring (bicyclic) bond motifs is 1. The van der Waals surface area contributed by atoms with Crippen molar-refractivity contribution in [2.75, 3.05) is 20.3 Å². The second kappa shape index (κ2) is 8.31. The average molecular weight is 388 g/mol. The standard InChI is InChI=1S/C20H22ClN3O3/c1-4-27-19-15(21)11-14(12-18(19)26-3)20(25)22-9-10-24-13(2)23-16-7-5-6-8-17(16)24/h5-8,11-12H,4,9-10H2,1-3H3,(H,22,25). The first-order valence-electron chi connectivity index (χ1n) is 8.75. The lowest BCUT2D eigenvalue weighted by Gasteiger charge is -2.13. The van der Waals surface area contributed by atoms with Gasteiger partial charge in [-0.05, 0) is 38.1 Å². The van der Waals surface area contributed by atoms with Gasteiger partial charge >= 0.3 is 0 Å². The number of halogens is 1. The fourth-order valence-electron chi connectivity index (χ4n) is 3.00. The van der Waals surface area contributed by atoms with E-state index >= 15 is 0 Å². The summed E-state index contributed by atoms with van der Waals surface area (Å²) >= 11 is 6.24. The molecule has 3 rings (SSSR count). The predicted octanol–water partition coefficient (Wildman–Crippen LogP) is 3.84. The van der Waals surface area contributed by atoms with E-state index in [4.69, 9.17) is 21.1 Å². The zero-order valence-electron chi connectivity index (χ0n) is 15.6. The molecule has 0 unspecified atom stereocenters. The summed E-state index contributed by atoms with van der Waals surface area (Å²) in [7, 11) is 1.52. The minimum absolute atomic E-state index is 0.222. The number of ether oxygens (including phenoxy) is 2. The molecule has 7 heteroatoms. The molecule has 0 bridgehead atoms. The smallest absolute Gasteiger partial charge is 0.251 e. The molecule has 0 atom stereocenters. The van der Waals surface area contributed by atoms with Gasteiger partial charge in [0, 0.05) is 18.7 Å². The number of hydrogen-bond donors (Lipinski definition) is 1. The van der Waals surface area contributed by atoms with Crippen molar-refractivity contribution in [3.63, 3.8) is 0 Å². The molecule has 1 amide bonds. The minimum atomic E-state index is -0.222. The molecule has 0 aliphatic rings. The lowest BCUT2D eigenvalue weighted by molar-refractivity contribution is 0.0952. The number of carbonyl (C=O) groups is 1. The summed E-state index contributed by atoms with van der Waals surface area (Å²) in [4.78, 5) is 17.1. The van der Waals surface area contributed by atoms with Gasteiger partial charge in [0.05, 0.1) is 29.8 Å². The summed E-state index contributed by atoms with van der Waals surface area (Å²) in [5.74, 6) is 1.57. The van der Waals surface area contributed by atoms with Gasteiger partial charge in [-0.3, -0.25) is 4.79 Å². The van der Waals surface area contributed by atoms with E-state index in [-0.39, 0.29) is 5.91 Å². The first kappa shape index (κ1) is 19.0. The summed E-state index contributed by atoms with van der Waals surface area (Å²) in [5.41, 5.74) is 2.42. The van der Waals surface area contributed by atoms with Crippen molar-refractivity contribution in [1.29, 1.82) is 0 Å². The molecule has 142 valence electrons. The molecule has 1 heterocycles. The fraction of sp³-hybridized carbons (Fsp3) is 0.300. The summed E-state index contributed by atoms with van der Waals surface area (Å²) in [5, 5.41) is 3.26. The van der Waals surface area contributed by atoms with Crippen molar-refractivity contribution in [3.8, 4) is 11.5 Å². The molecule has 0 fully saturated rings. The van der Waals surface area contributed by atoms with Gasteiger partial charge in [0.2, 0.25) is 0 Å². The van der Waals surface area contributed by atoms with Gasteiger partial charge in [0.1, 0.15) is 5.82 Å². The lowest BCUT2D eigenvalue weighted by Crippen LogP contribution is -2.27. The fourth-order valence-corrected chi connectivity index (χ4v) is 3.26. The SMILES string of the molecule is CCOc1c(Cl)cc(C(=O)NCCn2c(C)nc3ccccc32)cc1OC. The Labute approximate surface area is 163 Å². The number of aromatic nitrogens is 2. The minimum Gasteiger partial charge on any atom is -0.493 e. The van der Waals surface area contributed by atoms with Crippen molar-refractivity contribution >= 4 is 28.5 Å². The van der Waals surface area contributed by atoms with E-state index in [0.717, 1.165) is 16.9 Å². The quantitative estimate of drug-likeness (QED) is 0.669. The van der Waals surface area contributed by atoms with E-state index < -0.39 is 0 Å². The monoisotopic (exact) mass is 387 g/mol. The van der Waals surface area contributed by atoms with E-state index in [1.807, 2.05) is 38.1 Å². The van der Waals surface area contributed by atoms with Crippen molar-refractivity contribution in [1.82, 2.24) is 14.9 Å². The van der Waals surface area contributed by atoms with E-state index in [1.54, 1.807) is 12.1 Å². The Bertz CT molecular complexity index is 969. The van der Waals surface area contributed by atoms with Crippen LogP contribution in [0.2, 0.25) is 5.02 Å². The molecule has 0 aliphatic carbocycles. The lowest BCUT2D eigenvalue weighted by atomic mass is 10.2. The molecule has 0 radical (unpaired) electrons. The van der Waals surface area contributed by atoms with Crippen LogP contribution in [-0.4, -0.2) is 35.7 Å². The number of imidazole rings is 1. The van der Waals surface area contributed by atoms with Crippen LogP contribution >= 0.6 is 11.6 Å². The van der Waals surface area contributed by atoms with Crippen molar-refractivity contribution in [2.45, 2.75) is 20.4 Å². The van der Waals surface area contributed by atoms with Crippen LogP contribution in [0.3, 0.4) is 0 Å². The van der Waals surface area contributed by atoms with Gasteiger partial charge < -0.3 is 19.4 Å². The van der Waals surface area contributed by atoms with Crippen LogP contribution in [0.1, 0.15) is 23.1 Å². The number of amides is 1. The maximum Gasteiger partial charge on any atom is 0.251 e. The molecule has 2 aromatic carbocycles. The Morgan fingerprint density at radius 2 is 2.07 bits per heavy atom. The number of carbonyl (C=O) groups excluding carboxylic acids is 1. The van der Waals surface area contributed by atoms with Crippen LogP contribution in [-0.2, 0) is 6.54 Å². The van der Waals surface area contributed by atoms with E-state index in [1.165, 1.54) is 7.11 Å². The predicted molar refractivity (Wildman–Crippen MR) is 106 cm³/mol. The zero-order chi connectivity index (χ0) is 19.4. The molecule has 1 N–H and O–H groups in total. The number of hydrogen-bond acceptors (Lipinski definition) is 4. The van der Waals surface area contributed by atoms with Crippen molar-refractivity contribution in [3.05, 3.63) is 52.8 Å². The van der Waals surface area contributed by atoms with Crippen molar-refractivity contribution in [2.24, 2.45) is 0 Å². The highest BCUT2D eigenvalue weighted by Gasteiger charge is 2.16. The Morgan fingerprint density at radius 1 is 1.30 bits per heavy atom. The van der Waals surface area contributed by atoms with E-state index in [0.29, 0.717) is 41.8 Å². The maximum atomic E-state index is 12.5. The zero-order valence-corrected chi connectivity index (χ0v) is 16.3. The Balaban J connectivity index is 1.70. The number of aryl methyl sites for hydroxylation is 1. The Morgan fingerprint density at radius 3 is 2.81 bits per heavy atom. The average Bonchev–Trinajstić information content (AvgIpc) is 2.98. The number of benzene rings is 2. The van der Waals surface area contributed by atoms with Gasteiger partial charge in [-0.15, -0.1) is 0 Å². The number of methoxy groups -OCH3 is 1. The molecular formula is C20H22ClN3O3. The van der Waals surface area contributed by atoms with Crippen LogP contribution in [0.5, 0.6) is 11.5 Å². The first-order chi connectivity index (χ1) is 13.0. The first-order valence-corrected chi connectivity index (χ1v) is 9.13. The Kier molecular flexibility index (Phi) is 5.86. The third-order valence-corrected chi connectivity index (χ3v) is 4.53. The molecule has 0 saturated carbocycles. The second-order valence-corrected chi connectivity index (χ2v) is 6.38. The van der Waals surface area contributed by atoms with Crippen LogP contribution in [0, 0.1) is 6.92 Å². The second-order valence-electron chi connectivity index (χ2n) is 5.98. The van der Waals surface area contributed by atoms with Crippen LogP contribution in [0.4, 0.5) is 0 Å². The summed E-state index contributed by atoms with van der Waals surface area (Å²) in [6, 6.07) is 11.2. The summed E-state index contributed by atoms with van der Waals surface area (Å²) in [6.07, 6.45) is 0. The number of nitrogens with zero attached hydrogens (tertiary/aromatic N) is 2. The van der Waals surface area contributed by atoms with E-state index in [2.05, 4.69) is 14.9 Å². The summed E-state index contributed by atoms with van der Waals surface area (Å²) < 4.78 is 12.9. The molecular weight excluding hydrogens is 366 g/mol. The molecule has 1 aromatic heterocycles. The third-order valence-electron chi connectivity index (χ3n) is 4.25. The molecule has 0 spiro atoms. The summed E-state index contributed by atoms with van der Waals surface area (Å²) in [6.45, 7) is 5.37. The van der Waals surface area contributed by atoms with Gasteiger partial charge in [0.25, 0.3) is 5.91 Å². The maximum absolute atomic E-state index is 12.5. The molecule has 0 saturated heterocycles. The number of rotatable bonds is 7. The number of nitrogens with one attached hydrogen (secondary N) is 1.